The predicted octanol–water partition coefficient (Wildman–Crippen LogP) is 0.911. The van der Waals surface area contributed by atoms with Crippen molar-refractivity contribution in [3.63, 3.8) is 0 Å². The van der Waals surface area contributed by atoms with Crippen molar-refractivity contribution < 1.29 is 19.3 Å². The minimum atomic E-state index is -0.274. The molecule has 0 radical (unpaired) electrons. The van der Waals surface area contributed by atoms with E-state index in [1.165, 1.54) is 0 Å². The van der Waals surface area contributed by atoms with Crippen molar-refractivity contribution in [3.8, 4) is 0 Å². The Morgan fingerprint density at radius 2 is 1.68 bits per heavy atom. The van der Waals surface area contributed by atoms with Crippen LogP contribution in [0.1, 0.15) is 40.5 Å². The number of rotatable bonds is 15. The molecule has 0 saturated heterocycles. The smallest absolute Gasteiger partial charge is 0.0781 e. The van der Waals surface area contributed by atoms with Crippen LogP contribution in [0.5, 0.6) is 0 Å². The molecule has 0 aromatic carbocycles. The molecule has 0 fully saturated rings. The van der Waals surface area contributed by atoms with Crippen molar-refractivity contribution in [2.24, 2.45) is 5.73 Å². The Morgan fingerprint density at radius 1 is 1.05 bits per heavy atom. The van der Waals surface area contributed by atoms with Gasteiger partial charge in [-0.1, -0.05) is 13.3 Å². The molecule has 4 N–H and O–H groups in total. The number of hydrogen-bond donors (Lipinski definition) is 3. The molecule has 0 aliphatic heterocycles. The number of ether oxygens (including phenoxy) is 3. The van der Waals surface area contributed by atoms with E-state index in [1.807, 2.05) is 20.8 Å². The first-order valence-corrected chi connectivity index (χ1v) is 8.39. The highest BCUT2D eigenvalue weighted by Crippen LogP contribution is 1.97. The van der Waals surface area contributed by atoms with Crippen LogP contribution in [0, 0.1) is 0 Å². The maximum absolute atomic E-state index is 9.65. The predicted molar refractivity (Wildman–Crippen MR) is 89.1 cm³/mol. The van der Waals surface area contributed by atoms with Gasteiger partial charge in [-0.05, 0) is 27.2 Å². The summed E-state index contributed by atoms with van der Waals surface area (Å²) in [5.74, 6) is 0. The third-order valence-corrected chi connectivity index (χ3v) is 3.06. The van der Waals surface area contributed by atoms with Gasteiger partial charge in [-0.25, -0.2) is 0 Å². The van der Waals surface area contributed by atoms with Gasteiger partial charge in [0.15, 0.2) is 0 Å². The first-order chi connectivity index (χ1) is 10.5. The van der Waals surface area contributed by atoms with Crippen molar-refractivity contribution in [2.75, 3.05) is 39.6 Å². The minimum Gasteiger partial charge on any atom is -0.392 e. The van der Waals surface area contributed by atoms with Crippen LogP contribution in [0.3, 0.4) is 0 Å². The topological polar surface area (TPSA) is 86.0 Å². The van der Waals surface area contributed by atoms with E-state index in [2.05, 4.69) is 12.2 Å². The van der Waals surface area contributed by atoms with E-state index in [9.17, 15) is 5.11 Å². The summed E-state index contributed by atoms with van der Waals surface area (Å²) in [4.78, 5) is 0. The molecule has 22 heavy (non-hydrogen) atoms. The Hall–Kier alpha value is -0.240. The normalized spacial score (nSPS) is 17.2. The molecular formula is C16H36N2O4. The molecule has 0 aromatic rings. The van der Waals surface area contributed by atoms with Crippen LogP contribution >= 0.6 is 0 Å². The summed E-state index contributed by atoms with van der Waals surface area (Å²) < 4.78 is 16.5. The molecule has 0 aromatic heterocycles. The van der Waals surface area contributed by atoms with Crippen LogP contribution in [0.2, 0.25) is 0 Å². The highest BCUT2D eigenvalue weighted by molar-refractivity contribution is 4.65. The largest absolute Gasteiger partial charge is 0.392 e. The van der Waals surface area contributed by atoms with Gasteiger partial charge in [0.05, 0.1) is 45.2 Å². The van der Waals surface area contributed by atoms with Crippen LogP contribution in [0.25, 0.3) is 0 Å². The van der Waals surface area contributed by atoms with Gasteiger partial charge in [0.2, 0.25) is 0 Å². The molecule has 0 heterocycles. The summed E-state index contributed by atoms with van der Waals surface area (Å²) in [5.41, 5.74) is 5.58. The SMILES string of the molecule is CCCC(O)CNC(C)COC(C)COCCOCC(C)N. The van der Waals surface area contributed by atoms with Gasteiger partial charge in [0.1, 0.15) is 0 Å². The third-order valence-electron chi connectivity index (χ3n) is 3.06. The van der Waals surface area contributed by atoms with Crippen LogP contribution < -0.4 is 11.1 Å². The lowest BCUT2D eigenvalue weighted by atomic mass is 10.2. The fraction of sp³-hybridized carbons (Fsp3) is 1.00. The second-order valence-corrected chi connectivity index (χ2v) is 6.02. The molecule has 0 amide bonds. The summed E-state index contributed by atoms with van der Waals surface area (Å²) in [5, 5.41) is 12.9. The Balaban J connectivity index is 3.45. The average molecular weight is 320 g/mol. The van der Waals surface area contributed by atoms with Crippen LogP contribution in [0.4, 0.5) is 0 Å². The fourth-order valence-corrected chi connectivity index (χ4v) is 1.82. The quantitative estimate of drug-likeness (QED) is 0.389. The molecule has 4 atom stereocenters. The number of hydrogen-bond acceptors (Lipinski definition) is 6. The Labute approximate surface area is 135 Å². The van der Waals surface area contributed by atoms with Crippen molar-refractivity contribution >= 4 is 0 Å². The van der Waals surface area contributed by atoms with E-state index in [1.54, 1.807) is 0 Å². The van der Waals surface area contributed by atoms with Gasteiger partial charge < -0.3 is 30.4 Å². The van der Waals surface area contributed by atoms with Crippen molar-refractivity contribution in [3.05, 3.63) is 0 Å². The van der Waals surface area contributed by atoms with Gasteiger partial charge in [-0.15, -0.1) is 0 Å². The lowest BCUT2D eigenvalue weighted by Crippen LogP contribution is -2.37. The Morgan fingerprint density at radius 3 is 2.27 bits per heavy atom. The zero-order valence-electron chi connectivity index (χ0n) is 14.7. The van der Waals surface area contributed by atoms with Gasteiger partial charge in [-0.2, -0.15) is 0 Å². The van der Waals surface area contributed by atoms with Crippen LogP contribution in [0.15, 0.2) is 0 Å². The summed E-state index contributed by atoms with van der Waals surface area (Å²) in [7, 11) is 0. The number of aliphatic hydroxyl groups is 1. The summed E-state index contributed by atoms with van der Waals surface area (Å²) >= 11 is 0. The summed E-state index contributed by atoms with van der Waals surface area (Å²) in [6, 6.07) is 0.274. The first kappa shape index (κ1) is 21.8. The molecule has 0 saturated carbocycles. The number of nitrogens with two attached hydrogens (primary N) is 1. The molecule has 6 heteroatoms. The highest BCUT2D eigenvalue weighted by atomic mass is 16.5. The monoisotopic (exact) mass is 320 g/mol. The van der Waals surface area contributed by atoms with Crippen molar-refractivity contribution in [2.45, 2.75) is 64.8 Å². The van der Waals surface area contributed by atoms with Gasteiger partial charge in [0, 0.05) is 18.6 Å². The maximum Gasteiger partial charge on any atom is 0.0781 e. The zero-order chi connectivity index (χ0) is 16.8. The van der Waals surface area contributed by atoms with E-state index in [-0.39, 0.29) is 24.3 Å². The lowest BCUT2D eigenvalue weighted by Gasteiger charge is -2.20. The second kappa shape index (κ2) is 14.4. The van der Waals surface area contributed by atoms with E-state index in [0.717, 1.165) is 12.8 Å². The van der Waals surface area contributed by atoms with E-state index < -0.39 is 0 Å². The van der Waals surface area contributed by atoms with Crippen molar-refractivity contribution in [1.29, 1.82) is 0 Å². The van der Waals surface area contributed by atoms with Gasteiger partial charge >= 0.3 is 0 Å². The fourth-order valence-electron chi connectivity index (χ4n) is 1.82. The second-order valence-electron chi connectivity index (χ2n) is 6.02. The number of aliphatic hydroxyl groups excluding tert-OH is 1. The summed E-state index contributed by atoms with van der Waals surface area (Å²) in [6.45, 7) is 11.4. The third kappa shape index (κ3) is 14.7. The lowest BCUT2D eigenvalue weighted by molar-refractivity contribution is -0.0289. The van der Waals surface area contributed by atoms with E-state index in [4.69, 9.17) is 19.9 Å². The zero-order valence-corrected chi connectivity index (χ0v) is 14.7. The molecule has 134 valence electrons. The molecule has 0 spiro atoms. The Kier molecular flexibility index (Phi) is 14.2. The van der Waals surface area contributed by atoms with E-state index >= 15 is 0 Å². The molecule has 0 bridgehead atoms. The molecule has 4 unspecified atom stereocenters. The van der Waals surface area contributed by atoms with E-state index in [0.29, 0.717) is 39.6 Å². The molecule has 6 nitrogen and oxygen atoms in total. The maximum atomic E-state index is 9.65. The average Bonchev–Trinajstić information content (AvgIpc) is 2.46. The highest BCUT2D eigenvalue weighted by Gasteiger charge is 2.09. The molecule has 0 aliphatic carbocycles. The molecule has 0 rings (SSSR count). The minimum absolute atomic E-state index is 0.0400. The van der Waals surface area contributed by atoms with Crippen LogP contribution in [-0.4, -0.2) is 69.0 Å². The molecular weight excluding hydrogens is 284 g/mol. The van der Waals surface area contributed by atoms with Gasteiger partial charge in [-0.3, -0.25) is 0 Å². The van der Waals surface area contributed by atoms with Crippen molar-refractivity contribution in [1.82, 2.24) is 5.32 Å². The number of nitrogens with one attached hydrogen (secondary N) is 1. The summed E-state index contributed by atoms with van der Waals surface area (Å²) in [6.07, 6.45) is 1.59. The first-order valence-electron chi connectivity index (χ1n) is 8.39. The van der Waals surface area contributed by atoms with Gasteiger partial charge in [0.25, 0.3) is 0 Å². The Bertz CT molecular complexity index is 242. The molecule has 0 aliphatic rings. The standard InChI is InChI=1S/C16H36N2O4/c1-5-6-16(19)9-18-14(3)11-22-15(4)12-21-8-7-20-10-13(2)17/h13-16,18-19H,5-12,17H2,1-4H3. The van der Waals surface area contributed by atoms with Crippen LogP contribution in [-0.2, 0) is 14.2 Å².